The van der Waals surface area contributed by atoms with E-state index in [9.17, 15) is 18.0 Å². The van der Waals surface area contributed by atoms with E-state index in [1.807, 2.05) is 6.07 Å². The van der Waals surface area contributed by atoms with Gasteiger partial charge in [-0.1, -0.05) is 24.3 Å². The van der Waals surface area contributed by atoms with Gasteiger partial charge in [-0.15, -0.1) is 0 Å². The summed E-state index contributed by atoms with van der Waals surface area (Å²) in [6.07, 6.45) is 0.0588. The lowest BCUT2D eigenvalue weighted by atomic mass is 10.1. The lowest BCUT2D eigenvalue weighted by molar-refractivity contribution is -0.116. The maximum atomic E-state index is 12.2. The summed E-state index contributed by atoms with van der Waals surface area (Å²) in [5, 5.41) is 5.43. The third kappa shape index (κ3) is 5.63. The molecule has 2 N–H and O–H groups in total. The molecule has 2 aromatic rings. The first kappa shape index (κ1) is 20.6. The van der Waals surface area contributed by atoms with Gasteiger partial charge in [0.25, 0.3) is 5.91 Å². The van der Waals surface area contributed by atoms with E-state index < -0.39 is 10.0 Å². The number of hydrogen-bond acceptors (Lipinski definition) is 4. The quantitative estimate of drug-likeness (QED) is 0.758. The third-order valence-electron chi connectivity index (χ3n) is 3.80. The maximum absolute atomic E-state index is 12.2. The average molecular weight is 389 g/mol. The largest absolute Gasteiger partial charge is 0.349 e. The van der Waals surface area contributed by atoms with Gasteiger partial charge in [0.05, 0.1) is 4.90 Å². The smallest absolute Gasteiger partial charge is 0.251 e. The first-order valence-electron chi connectivity index (χ1n) is 8.38. The van der Waals surface area contributed by atoms with Crippen LogP contribution in [0.15, 0.2) is 59.5 Å². The lowest BCUT2D eigenvalue weighted by Crippen LogP contribution is -2.35. The first-order valence-corrected chi connectivity index (χ1v) is 9.82. The summed E-state index contributed by atoms with van der Waals surface area (Å²) in [4.78, 5) is 24.4. The van der Waals surface area contributed by atoms with Gasteiger partial charge in [-0.25, -0.2) is 12.7 Å². The fraction of sp³-hybridized carbons (Fsp3) is 0.263. The van der Waals surface area contributed by atoms with Gasteiger partial charge in [-0.2, -0.15) is 0 Å². The van der Waals surface area contributed by atoms with E-state index in [4.69, 9.17) is 0 Å². The molecule has 2 amide bonds. The fourth-order valence-electron chi connectivity index (χ4n) is 2.38. The van der Waals surface area contributed by atoms with Crippen LogP contribution in [0.2, 0.25) is 0 Å². The molecule has 0 spiro atoms. The Morgan fingerprint density at radius 3 is 2.33 bits per heavy atom. The highest BCUT2D eigenvalue weighted by atomic mass is 32.2. The van der Waals surface area contributed by atoms with Crippen LogP contribution in [0.1, 0.15) is 23.7 Å². The van der Waals surface area contributed by atoms with Crippen LogP contribution in [0, 0.1) is 0 Å². The van der Waals surface area contributed by atoms with Crippen molar-refractivity contribution in [3.05, 3.63) is 60.2 Å². The Morgan fingerprint density at radius 2 is 1.70 bits per heavy atom. The minimum atomic E-state index is -3.58. The zero-order valence-corrected chi connectivity index (χ0v) is 16.3. The molecule has 0 saturated heterocycles. The number of benzene rings is 2. The second-order valence-electron chi connectivity index (χ2n) is 6.31. The molecule has 7 nitrogen and oxygen atoms in total. The van der Waals surface area contributed by atoms with Crippen molar-refractivity contribution < 1.29 is 18.0 Å². The molecule has 27 heavy (non-hydrogen) atoms. The second-order valence-corrected chi connectivity index (χ2v) is 8.46. The Bertz CT molecular complexity index is 912. The van der Waals surface area contributed by atoms with E-state index in [1.165, 1.54) is 26.2 Å². The van der Waals surface area contributed by atoms with Crippen LogP contribution < -0.4 is 10.6 Å². The van der Waals surface area contributed by atoms with E-state index in [2.05, 4.69) is 10.6 Å². The number of sulfonamides is 1. The van der Waals surface area contributed by atoms with Gasteiger partial charge in [0.1, 0.15) is 0 Å². The molecule has 0 radical (unpaired) electrons. The topological polar surface area (TPSA) is 95.6 Å². The van der Waals surface area contributed by atoms with Crippen molar-refractivity contribution in [2.24, 2.45) is 0 Å². The minimum Gasteiger partial charge on any atom is -0.349 e. The highest BCUT2D eigenvalue weighted by Gasteiger charge is 2.18. The molecule has 0 aliphatic carbocycles. The van der Waals surface area contributed by atoms with Crippen molar-refractivity contribution in [3.8, 4) is 0 Å². The molecule has 144 valence electrons. The summed E-state index contributed by atoms with van der Waals surface area (Å²) in [5.41, 5.74) is 0.899. The SMILES string of the molecule is CC(CC(=O)Nc1cccc(S(=O)(=O)N(C)C)c1)NC(=O)c1ccccc1. The van der Waals surface area contributed by atoms with Crippen LogP contribution in [0.3, 0.4) is 0 Å². The molecule has 2 rings (SSSR count). The van der Waals surface area contributed by atoms with Crippen molar-refractivity contribution in [1.82, 2.24) is 9.62 Å². The zero-order valence-electron chi connectivity index (χ0n) is 15.5. The van der Waals surface area contributed by atoms with E-state index >= 15 is 0 Å². The number of anilines is 1. The number of hydrogen-bond donors (Lipinski definition) is 2. The second kappa shape index (κ2) is 8.79. The Kier molecular flexibility index (Phi) is 6.70. The van der Waals surface area contributed by atoms with Crippen LogP contribution in [0.5, 0.6) is 0 Å². The lowest BCUT2D eigenvalue weighted by Gasteiger charge is -2.15. The van der Waals surface area contributed by atoms with Gasteiger partial charge in [0.2, 0.25) is 15.9 Å². The number of rotatable bonds is 7. The van der Waals surface area contributed by atoms with Crippen molar-refractivity contribution in [2.45, 2.75) is 24.3 Å². The maximum Gasteiger partial charge on any atom is 0.251 e. The molecule has 0 aliphatic rings. The predicted molar refractivity (Wildman–Crippen MR) is 104 cm³/mol. The molecule has 8 heteroatoms. The molecule has 2 aromatic carbocycles. The van der Waals surface area contributed by atoms with E-state index in [-0.39, 0.29) is 29.2 Å². The molecular formula is C19H23N3O4S. The minimum absolute atomic E-state index is 0.0588. The molecule has 0 aliphatic heterocycles. The molecule has 1 unspecified atom stereocenters. The van der Waals surface area contributed by atoms with Crippen LogP contribution in [-0.4, -0.2) is 44.7 Å². The molecule has 1 atom stereocenters. The normalized spacial score (nSPS) is 12.4. The van der Waals surface area contributed by atoms with Crippen molar-refractivity contribution >= 4 is 27.5 Å². The number of amides is 2. The van der Waals surface area contributed by atoms with Crippen LogP contribution in [-0.2, 0) is 14.8 Å². The van der Waals surface area contributed by atoms with Gasteiger partial charge in [-0.05, 0) is 37.3 Å². The number of carbonyl (C=O) groups excluding carboxylic acids is 2. The Labute approximate surface area is 159 Å². The van der Waals surface area contributed by atoms with Crippen LogP contribution >= 0.6 is 0 Å². The summed E-state index contributed by atoms with van der Waals surface area (Å²) in [6.45, 7) is 1.73. The van der Waals surface area contributed by atoms with Gasteiger partial charge >= 0.3 is 0 Å². The van der Waals surface area contributed by atoms with Gasteiger partial charge in [-0.3, -0.25) is 9.59 Å². The molecule has 0 aromatic heterocycles. The van der Waals surface area contributed by atoms with E-state index in [0.29, 0.717) is 11.3 Å². The average Bonchev–Trinajstić information content (AvgIpc) is 2.62. The summed E-state index contributed by atoms with van der Waals surface area (Å²) >= 11 is 0. The zero-order chi connectivity index (χ0) is 20.0. The first-order chi connectivity index (χ1) is 12.7. The van der Waals surface area contributed by atoms with Crippen LogP contribution in [0.4, 0.5) is 5.69 Å². The van der Waals surface area contributed by atoms with Crippen LogP contribution in [0.25, 0.3) is 0 Å². The number of nitrogens with one attached hydrogen (secondary N) is 2. The molecule has 0 heterocycles. The fourth-order valence-corrected chi connectivity index (χ4v) is 3.33. The summed E-state index contributed by atoms with van der Waals surface area (Å²) in [6, 6.07) is 14.4. The van der Waals surface area contributed by atoms with Gasteiger partial charge in [0, 0.05) is 37.8 Å². The highest BCUT2D eigenvalue weighted by Crippen LogP contribution is 2.18. The van der Waals surface area contributed by atoms with E-state index in [0.717, 1.165) is 4.31 Å². The summed E-state index contributed by atoms with van der Waals surface area (Å²) in [7, 11) is -0.695. The van der Waals surface area contributed by atoms with Crippen molar-refractivity contribution in [2.75, 3.05) is 19.4 Å². The Hall–Kier alpha value is -2.71. The molecule has 0 fully saturated rings. The highest BCUT2D eigenvalue weighted by molar-refractivity contribution is 7.89. The van der Waals surface area contributed by atoms with Crippen molar-refractivity contribution in [1.29, 1.82) is 0 Å². The van der Waals surface area contributed by atoms with Crippen molar-refractivity contribution in [3.63, 3.8) is 0 Å². The summed E-state index contributed by atoms with van der Waals surface area (Å²) < 4.78 is 25.4. The monoisotopic (exact) mass is 389 g/mol. The number of carbonyl (C=O) groups is 2. The number of nitrogens with zero attached hydrogens (tertiary/aromatic N) is 1. The van der Waals surface area contributed by atoms with Gasteiger partial charge in [0.15, 0.2) is 0 Å². The molecule has 0 saturated carbocycles. The molecular weight excluding hydrogens is 366 g/mol. The molecule has 0 bridgehead atoms. The Balaban J connectivity index is 1.97. The van der Waals surface area contributed by atoms with Gasteiger partial charge < -0.3 is 10.6 Å². The summed E-state index contributed by atoms with van der Waals surface area (Å²) in [5.74, 6) is -0.578. The predicted octanol–water partition coefficient (Wildman–Crippen LogP) is 2.08. The van der Waals surface area contributed by atoms with E-state index in [1.54, 1.807) is 43.3 Å². The Morgan fingerprint density at radius 1 is 1.04 bits per heavy atom. The third-order valence-corrected chi connectivity index (χ3v) is 5.61. The standard InChI is InChI=1S/C19H23N3O4S/c1-14(20-19(24)15-8-5-4-6-9-15)12-18(23)21-16-10-7-11-17(13-16)27(25,26)22(2)3/h4-11,13-14H,12H2,1-3H3,(H,20,24)(H,21,23).